The lowest BCUT2D eigenvalue weighted by molar-refractivity contribution is 0.0446. The van der Waals surface area contributed by atoms with Crippen LogP contribution in [-0.2, 0) is 11.3 Å². The van der Waals surface area contributed by atoms with Crippen molar-refractivity contribution in [2.45, 2.75) is 31.8 Å². The SMILES string of the molecule is CC1(NCc2ccc(/C(N)=N/O)cc2Cl)CCOCC1. The van der Waals surface area contributed by atoms with E-state index >= 15 is 0 Å². The molecule has 0 saturated carbocycles. The second-order valence-corrected chi connectivity index (χ2v) is 5.73. The first kappa shape index (κ1) is 15.1. The Labute approximate surface area is 123 Å². The van der Waals surface area contributed by atoms with Crippen molar-refractivity contribution >= 4 is 17.4 Å². The molecule has 0 bridgehead atoms. The summed E-state index contributed by atoms with van der Waals surface area (Å²) in [5.74, 6) is 0.0581. The fraction of sp³-hybridized carbons (Fsp3) is 0.500. The molecule has 1 aliphatic rings. The number of nitrogens with zero attached hydrogens (tertiary/aromatic N) is 1. The fourth-order valence-corrected chi connectivity index (χ4v) is 2.46. The minimum atomic E-state index is 0.0581. The van der Waals surface area contributed by atoms with Gasteiger partial charge < -0.3 is 21.0 Å². The van der Waals surface area contributed by atoms with E-state index in [2.05, 4.69) is 17.4 Å². The van der Waals surface area contributed by atoms with Crippen molar-refractivity contribution in [2.24, 2.45) is 10.9 Å². The summed E-state index contributed by atoms with van der Waals surface area (Å²) in [6.45, 7) is 4.47. The molecule has 6 heteroatoms. The van der Waals surface area contributed by atoms with Gasteiger partial charge in [-0.25, -0.2) is 0 Å². The summed E-state index contributed by atoms with van der Waals surface area (Å²) in [5.41, 5.74) is 7.23. The minimum absolute atomic E-state index is 0.0581. The summed E-state index contributed by atoms with van der Waals surface area (Å²) in [5, 5.41) is 15.8. The number of halogens is 1. The van der Waals surface area contributed by atoms with E-state index in [1.807, 2.05) is 6.07 Å². The Hall–Kier alpha value is -1.30. The molecule has 5 nitrogen and oxygen atoms in total. The summed E-state index contributed by atoms with van der Waals surface area (Å²) in [6, 6.07) is 5.40. The number of nitrogens with one attached hydrogen (secondary N) is 1. The van der Waals surface area contributed by atoms with Gasteiger partial charge in [-0.1, -0.05) is 28.9 Å². The van der Waals surface area contributed by atoms with Crippen LogP contribution in [0.25, 0.3) is 0 Å². The van der Waals surface area contributed by atoms with Gasteiger partial charge in [0.05, 0.1) is 0 Å². The number of ether oxygens (including phenoxy) is 1. The van der Waals surface area contributed by atoms with Crippen molar-refractivity contribution in [3.63, 3.8) is 0 Å². The molecule has 1 heterocycles. The Morgan fingerprint density at radius 3 is 2.80 bits per heavy atom. The third-order valence-electron chi connectivity index (χ3n) is 3.76. The van der Waals surface area contributed by atoms with Gasteiger partial charge in [0, 0.05) is 35.9 Å². The van der Waals surface area contributed by atoms with Crippen molar-refractivity contribution in [3.05, 3.63) is 34.3 Å². The maximum absolute atomic E-state index is 8.65. The molecule has 0 aliphatic carbocycles. The number of nitrogens with two attached hydrogens (primary N) is 1. The zero-order valence-electron chi connectivity index (χ0n) is 11.5. The summed E-state index contributed by atoms with van der Waals surface area (Å²) < 4.78 is 5.38. The molecule has 0 aromatic heterocycles. The largest absolute Gasteiger partial charge is 0.409 e. The fourth-order valence-electron chi connectivity index (χ4n) is 2.22. The van der Waals surface area contributed by atoms with Crippen LogP contribution in [0.1, 0.15) is 30.9 Å². The van der Waals surface area contributed by atoms with Crippen molar-refractivity contribution < 1.29 is 9.94 Å². The molecular weight excluding hydrogens is 278 g/mol. The third kappa shape index (κ3) is 3.62. The van der Waals surface area contributed by atoms with Crippen LogP contribution in [-0.4, -0.2) is 29.8 Å². The first-order valence-electron chi connectivity index (χ1n) is 6.63. The Balaban J connectivity index is 2.03. The molecule has 1 saturated heterocycles. The zero-order valence-corrected chi connectivity index (χ0v) is 12.3. The van der Waals surface area contributed by atoms with E-state index in [1.165, 1.54) is 0 Å². The normalized spacial score (nSPS) is 19.0. The molecule has 4 N–H and O–H groups in total. The highest BCUT2D eigenvalue weighted by molar-refractivity contribution is 6.31. The van der Waals surface area contributed by atoms with E-state index < -0.39 is 0 Å². The average molecular weight is 298 g/mol. The van der Waals surface area contributed by atoms with Gasteiger partial charge in [0.25, 0.3) is 0 Å². The molecule has 0 amide bonds. The van der Waals surface area contributed by atoms with E-state index in [1.54, 1.807) is 12.1 Å². The van der Waals surface area contributed by atoms with Crippen LogP contribution in [0.4, 0.5) is 0 Å². The Morgan fingerprint density at radius 2 is 2.20 bits per heavy atom. The molecule has 0 unspecified atom stereocenters. The number of amidine groups is 1. The van der Waals surface area contributed by atoms with Crippen molar-refractivity contribution in [1.82, 2.24) is 5.32 Å². The molecule has 1 aromatic carbocycles. The van der Waals surface area contributed by atoms with Gasteiger partial charge in [0.15, 0.2) is 5.84 Å². The lowest BCUT2D eigenvalue weighted by Crippen LogP contribution is -2.46. The van der Waals surface area contributed by atoms with Gasteiger partial charge in [-0.05, 0) is 31.4 Å². The van der Waals surface area contributed by atoms with Crippen LogP contribution in [0.15, 0.2) is 23.4 Å². The van der Waals surface area contributed by atoms with E-state index in [0.717, 1.165) is 31.6 Å². The van der Waals surface area contributed by atoms with E-state index in [9.17, 15) is 0 Å². The number of hydrogen-bond acceptors (Lipinski definition) is 4. The van der Waals surface area contributed by atoms with Crippen LogP contribution in [0.2, 0.25) is 5.02 Å². The lowest BCUT2D eigenvalue weighted by atomic mass is 9.92. The first-order chi connectivity index (χ1) is 9.54. The minimum Gasteiger partial charge on any atom is -0.409 e. The highest BCUT2D eigenvalue weighted by Gasteiger charge is 2.26. The van der Waals surface area contributed by atoms with Crippen molar-refractivity contribution in [1.29, 1.82) is 0 Å². The third-order valence-corrected chi connectivity index (χ3v) is 4.11. The summed E-state index contributed by atoms with van der Waals surface area (Å²) in [4.78, 5) is 0. The molecule has 1 fully saturated rings. The first-order valence-corrected chi connectivity index (χ1v) is 7.01. The van der Waals surface area contributed by atoms with Gasteiger partial charge in [-0.2, -0.15) is 0 Å². The highest BCUT2D eigenvalue weighted by atomic mass is 35.5. The molecule has 20 heavy (non-hydrogen) atoms. The Morgan fingerprint density at radius 1 is 1.50 bits per heavy atom. The van der Waals surface area contributed by atoms with Crippen LogP contribution < -0.4 is 11.1 Å². The van der Waals surface area contributed by atoms with Crippen LogP contribution >= 0.6 is 11.6 Å². The molecule has 1 aromatic rings. The van der Waals surface area contributed by atoms with Gasteiger partial charge in [-0.15, -0.1) is 0 Å². The predicted octanol–water partition coefficient (Wildman–Crippen LogP) is 2.09. The topological polar surface area (TPSA) is 79.9 Å². The number of rotatable bonds is 4. The molecule has 0 atom stereocenters. The van der Waals surface area contributed by atoms with E-state index in [0.29, 0.717) is 17.1 Å². The van der Waals surface area contributed by atoms with E-state index in [4.69, 9.17) is 27.3 Å². The lowest BCUT2D eigenvalue weighted by Gasteiger charge is -2.34. The molecule has 0 radical (unpaired) electrons. The molecule has 2 rings (SSSR count). The standard InChI is InChI=1S/C14H20ClN3O2/c1-14(4-6-20-7-5-14)17-9-11-3-2-10(8-12(11)15)13(16)18-19/h2-3,8,17,19H,4-7,9H2,1H3,(H2,16,18). The van der Waals surface area contributed by atoms with Crippen molar-refractivity contribution in [3.8, 4) is 0 Å². The smallest absolute Gasteiger partial charge is 0.170 e. The second-order valence-electron chi connectivity index (χ2n) is 5.32. The van der Waals surface area contributed by atoms with Gasteiger partial charge in [0.1, 0.15) is 0 Å². The summed E-state index contributed by atoms with van der Waals surface area (Å²) in [7, 11) is 0. The predicted molar refractivity (Wildman–Crippen MR) is 79.3 cm³/mol. The van der Waals surface area contributed by atoms with Gasteiger partial charge in [0.2, 0.25) is 0 Å². The van der Waals surface area contributed by atoms with E-state index in [-0.39, 0.29) is 11.4 Å². The summed E-state index contributed by atoms with van der Waals surface area (Å²) in [6.07, 6.45) is 1.99. The molecular formula is C14H20ClN3O2. The zero-order chi connectivity index (χ0) is 14.6. The van der Waals surface area contributed by atoms with Gasteiger partial charge >= 0.3 is 0 Å². The Bertz CT molecular complexity index is 499. The Kier molecular flexibility index (Phi) is 4.86. The maximum Gasteiger partial charge on any atom is 0.170 e. The highest BCUT2D eigenvalue weighted by Crippen LogP contribution is 2.23. The molecule has 1 aliphatic heterocycles. The number of benzene rings is 1. The number of hydrogen-bond donors (Lipinski definition) is 3. The number of oxime groups is 1. The van der Waals surface area contributed by atoms with Crippen LogP contribution in [0, 0.1) is 0 Å². The van der Waals surface area contributed by atoms with Gasteiger partial charge in [-0.3, -0.25) is 0 Å². The maximum atomic E-state index is 8.65. The van der Waals surface area contributed by atoms with Crippen molar-refractivity contribution in [2.75, 3.05) is 13.2 Å². The average Bonchev–Trinajstić information content (AvgIpc) is 2.46. The molecule has 110 valence electrons. The second kappa shape index (κ2) is 6.43. The quantitative estimate of drug-likeness (QED) is 0.344. The van der Waals surface area contributed by atoms with Crippen LogP contribution in [0.3, 0.4) is 0 Å². The summed E-state index contributed by atoms with van der Waals surface area (Å²) >= 11 is 6.24. The molecule has 0 spiro atoms. The van der Waals surface area contributed by atoms with Crippen LogP contribution in [0.5, 0.6) is 0 Å². The monoisotopic (exact) mass is 297 g/mol.